The molecule has 0 bridgehead atoms. The molecule has 0 aromatic carbocycles. The van der Waals surface area contributed by atoms with E-state index in [1.807, 2.05) is 10.6 Å². The maximum atomic E-state index is 9.59. The fourth-order valence-electron chi connectivity index (χ4n) is 0. The highest BCUT2D eigenvalue weighted by Crippen LogP contribution is 1.63. The number of rotatable bonds is 1. The Balaban J connectivity index is -0.000000144. The Bertz CT molecular complexity index is 162. The minimum atomic E-state index is -0.995. The lowest BCUT2D eigenvalue weighted by Crippen LogP contribution is -2.13. The van der Waals surface area contributed by atoms with Crippen molar-refractivity contribution in [3.63, 3.8) is 0 Å². The zero-order valence-electron chi connectivity index (χ0n) is 8.90. The smallest absolute Gasteiger partial charge is 0.404 e. The molecule has 0 aliphatic rings. The van der Waals surface area contributed by atoms with Gasteiger partial charge in [-0.2, -0.15) is 0 Å². The van der Waals surface area contributed by atoms with Crippen LogP contribution in [0.5, 0.6) is 0 Å². The average Bonchev–Trinajstić information content (AvgIpc) is 2.19. The third-order valence-electron chi connectivity index (χ3n) is 0.776. The highest BCUT2D eigenvalue weighted by atomic mass is 16.4. The van der Waals surface area contributed by atoms with Crippen LogP contribution >= 0.6 is 0 Å². The summed E-state index contributed by atoms with van der Waals surface area (Å²) < 4.78 is 0. The lowest BCUT2D eigenvalue weighted by molar-refractivity contribution is -0.117. The van der Waals surface area contributed by atoms with Crippen molar-refractivity contribution in [3.8, 4) is 0 Å². The fourth-order valence-corrected chi connectivity index (χ4v) is 0. The summed E-state index contributed by atoms with van der Waals surface area (Å²) in [6.45, 7) is 1.72. The number of amides is 3. The number of hydrogen-bond acceptors (Lipinski definition) is 3. The Morgan fingerprint density at radius 3 is 1.20 bits per heavy atom. The molecule has 0 spiro atoms. The number of nitrogens with two attached hydrogens (primary N) is 1. The minimum Gasteiger partial charge on any atom is -0.465 e. The third-order valence-corrected chi connectivity index (χ3v) is 0.776. The van der Waals surface area contributed by atoms with Crippen molar-refractivity contribution in [3.05, 3.63) is 0 Å². The van der Waals surface area contributed by atoms with Gasteiger partial charge in [0.25, 0.3) is 0 Å². The average molecular weight is 223 g/mol. The van der Waals surface area contributed by atoms with E-state index in [4.69, 9.17) is 10.2 Å². The summed E-state index contributed by atoms with van der Waals surface area (Å²) in [5.74, 6) is -0.245. The summed E-state index contributed by atoms with van der Waals surface area (Å²) in [6, 6.07) is 0. The van der Waals surface area contributed by atoms with E-state index in [0.29, 0.717) is 6.42 Å². The molecule has 0 aromatic heterocycles. The molecule has 0 saturated heterocycles. The largest absolute Gasteiger partial charge is 0.465 e. The quantitative estimate of drug-likeness (QED) is 0.413. The molecular weight excluding hydrogens is 206 g/mol. The first-order chi connectivity index (χ1) is 6.81. The molecule has 0 aliphatic heterocycles. The van der Waals surface area contributed by atoms with Gasteiger partial charge in [0, 0.05) is 20.5 Å². The highest BCUT2D eigenvalue weighted by molar-refractivity contribution is 5.73. The first-order valence-electron chi connectivity index (χ1n) is 3.91. The summed E-state index contributed by atoms with van der Waals surface area (Å²) >= 11 is 0. The Labute approximate surface area is 87.5 Å². The molecule has 8 heteroatoms. The van der Waals surface area contributed by atoms with Crippen molar-refractivity contribution < 1.29 is 24.6 Å². The molecule has 0 aliphatic carbocycles. The van der Waals surface area contributed by atoms with E-state index in [-0.39, 0.29) is 5.91 Å². The summed E-state index contributed by atoms with van der Waals surface area (Å²) in [4.78, 5) is 28.1. The van der Waals surface area contributed by atoms with Crippen molar-refractivity contribution in [1.82, 2.24) is 10.6 Å². The van der Waals surface area contributed by atoms with Gasteiger partial charge in [0.15, 0.2) is 0 Å². The zero-order valence-corrected chi connectivity index (χ0v) is 8.90. The molecule has 15 heavy (non-hydrogen) atoms. The van der Waals surface area contributed by atoms with E-state index in [1.165, 1.54) is 14.1 Å². The molecule has 90 valence electrons. The van der Waals surface area contributed by atoms with E-state index in [2.05, 4.69) is 5.73 Å². The molecular formula is C7H17N3O5. The van der Waals surface area contributed by atoms with Crippen molar-refractivity contribution >= 4 is 18.1 Å². The van der Waals surface area contributed by atoms with Crippen molar-refractivity contribution in [2.75, 3.05) is 14.1 Å². The lowest BCUT2D eigenvalue weighted by atomic mass is 10.5. The van der Waals surface area contributed by atoms with Gasteiger partial charge in [-0.05, 0) is 0 Å². The lowest BCUT2D eigenvalue weighted by Gasteiger charge is -1.78. The highest BCUT2D eigenvalue weighted by Gasteiger charge is 1.77. The number of primary amides is 1. The van der Waals surface area contributed by atoms with Gasteiger partial charge in [0.05, 0.1) is 0 Å². The molecule has 0 heterocycles. The minimum absolute atomic E-state index is 0.245. The van der Waals surface area contributed by atoms with Gasteiger partial charge in [-0.25, -0.2) is 9.59 Å². The van der Waals surface area contributed by atoms with Gasteiger partial charge in [-0.15, -0.1) is 0 Å². The van der Waals surface area contributed by atoms with Crippen LogP contribution in [0.4, 0.5) is 9.59 Å². The van der Waals surface area contributed by atoms with Crippen LogP contribution in [0.25, 0.3) is 0 Å². The predicted octanol–water partition coefficient (Wildman–Crippen LogP) is -0.351. The van der Waals surface area contributed by atoms with E-state index in [9.17, 15) is 14.4 Å². The van der Waals surface area contributed by atoms with Crippen LogP contribution in [0.2, 0.25) is 0 Å². The molecule has 0 rings (SSSR count). The standard InChI is InChI=1S/C3H7NO.2C2H5NO2/c1-2-3(4)5;2*1-3-2(4)5/h2H2,1H3,(H2,4,5);2*3H,1H3,(H,4,5). The topological polar surface area (TPSA) is 142 Å². The normalized spacial score (nSPS) is 6.87. The summed E-state index contributed by atoms with van der Waals surface area (Å²) in [5.41, 5.74) is 4.65. The number of carbonyl (C=O) groups excluding carboxylic acids is 1. The molecule has 6 N–H and O–H groups in total. The van der Waals surface area contributed by atoms with Crippen LogP contribution in [-0.2, 0) is 4.79 Å². The molecule has 3 amide bonds. The molecule has 0 aromatic rings. The maximum absolute atomic E-state index is 9.59. The molecule has 0 saturated carbocycles. The van der Waals surface area contributed by atoms with Gasteiger partial charge in [0.2, 0.25) is 5.91 Å². The summed E-state index contributed by atoms with van der Waals surface area (Å²) in [5, 5.41) is 19.1. The second kappa shape index (κ2) is 14.5. The van der Waals surface area contributed by atoms with Crippen LogP contribution in [0, 0.1) is 0 Å². The van der Waals surface area contributed by atoms with E-state index in [1.54, 1.807) is 6.92 Å². The molecule has 8 nitrogen and oxygen atoms in total. The summed E-state index contributed by atoms with van der Waals surface area (Å²) in [7, 11) is 2.70. The number of hydrogen-bond donors (Lipinski definition) is 5. The van der Waals surface area contributed by atoms with E-state index >= 15 is 0 Å². The van der Waals surface area contributed by atoms with Crippen molar-refractivity contribution in [2.24, 2.45) is 5.73 Å². The van der Waals surface area contributed by atoms with Gasteiger partial charge in [-0.3, -0.25) is 4.79 Å². The Morgan fingerprint density at radius 2 is 1.20 bits per heavy atom. The second-order valence-corrected chi connectivity index (χ2v) is 1.93. The van der Waals surface area contributed by atoms with Crippen molar-refractivity contribution in [1.29, 1.82) is 0 Å². The van der Waals surface area contributed by atoms with Crippen LogP contribution < -0.4 is 16.4 Å². The molecule has 0 radical (unpaired) electrons. The van der Waals surface area contributed by atoms with E-state index in [0.717, 1.165) is 0 Å². The van der Waals surface area contributed by atoms with E-state index < -0.39 is 12.2 Å². The Kier molecular flexibility index (Phi) is 18.1. The maximum Gasteiger partial charge on any atom is 0.404 e. The predicted molar refractivity (Wildman–Crippen MR) is 53.7 cm³/mol. The first-order valence-corrected chi connectivity index (χ1v) is 3.91. The third kappa shape index (κ3) is 74.8. The molecule has 0 fully saturated rings. The van der Waals surface area contributed by atoms with Gasteiger partial charge in [-0.1, -0.05) is 6.92 Å². The molecule has 0 atom stereocenters. The van der Waals surface area contributed by atoms with Gasteiger partial charge < -0.3 is 26.6 Å². The number of nitrogens with one attached hydrogen (secondary N) is 2. The van der Waals surface area contributed by atoms with Crippen LogP contribution in [0.1, 0.15) is 13.3 Å². The number of carbonyl (C=O) groups is 3. The van der Waals surface area contributed by atoms with Crippen LogP contribution in [0.15, 0.2) is 0 Å². The zero-order chi connectivity index (χ0) is 12.9. The monoisotopic (exact) mass is 223 g/mol. The second-order valence-electron chi connectivity index (χ2n) is 1.93. The number of carboxylic acid groups (broad SMARTS) is 2. The van der Waals surface area contributed by atoms with Crippen molar-refractivity contribution in [2.45, 2.75) is 13.3 Å². The van der Waals surface area contributed by atoms with Crippen LogP contribution in [-0.4, -0.2) is 42.4 Å². The van der Waals surface area contributed by atoms with Gasteiger partial charge >= 0.3 is 12.2 Å². The Hall–Kier alpha value is -1.99. The van der Waals surface area contributed by atoms with Gasteiger partial charge in [0.1, 0.15) is 0 Å². The summed E-state index contributed by atoms with van der Waals surface area (Å²) in [6.07, 6.45) is -1.55. The Morgan fingerprint density at radius 1 is 1.07 bits per heavy atom. The SMILES string of the molecule is CCC(N)=O.CNC(=O)O.CNC(=O)O. The first kappa shape index (κ1) is 18.7. The fraction of sp³-hybridized carbons (Fsp3) is 0.571. The van der Waals surface area contributed by atoms with Crippen LogP contribution in [0.3, 0.4) is 0 Å². The molecule has 0 unspecified atom stereocenters.